The highest BCUT2D eigenvalue weighted by molar-refractivity contribution is 6.31. The normalized spacial score (nSPS) is 18.1. The molecular weight excluding hydrogens is 384 g/mol. The summed E-state index contributed by atoms with van der Waals surface area (Å²) in [7, 11) is 0. The van der Waals surface area contributed by atoms with Gasteiger partial charge in [0.25, 0.3) is 5.91 Å². The fourth-order valence-corrected chi connectivity index (χ4v) is 4.47. The van der Waals surface area contributed by atoms with Crippen molar-refractivity contribution in [2.45, 2.75) is 50.4 Å². The highest BCUT2D eigenvalue weighted by Crippen LogP contribution is 2.48. The van der Waals surface area contributed by atoms with Crippen LogP contribution in [-0.2, 0) is 10.2 Å². The van der Waals surface area contributed by atoms with E-state index in [0.29, 0.717) is 22.2 Å². The van der Waals surface area contributed by atoms with Crippen molar-refractivity contribution in [3.8, 4) is 0 Å². The number of hydrogen-bond donors (Lipinski definition) is 2. The first-order valence-corrected chi connectivity index (χ1v) is 10.9. The van der Waals surface area contributed by atoms with Gasteiger partial charge in [0.15, 0.2) is 0 Å². The Morgan fingerprint density at radius 2 is 1.72 bits per heavy atom. The summed E-state index contributed by atoms with van der Waals surface area (Å²) in [6, 6.07) is 14.5. The van der Waals surface area contributed by atoms with Gasteiger partial charge in [0.2, 0.25) is 5.91 Å². The van der Waals surface area contributed by atoms with E-state index in [1.165, 1.54) is 32.1 Å². The van der Waals surface area contributed by atoms with Crippen LogP contribution in [0, 0.1) is 5.92 Å². The van der Waals surface area contributed by atoms with Crippen LogP contribution >= 0.6 is 11.6 Å². The summed E-state index contributed by atoms with van der Waals surface area (Å²) in [5.74, 6) is 0.581. The molecule has 2 aliphatic carbocycles. The quantitative estimate of drug-likeness (QED) is 0.677. The number of carbonyl (C=O) groups excluding carboxylic acids is 2. The van der Waals surface area contributed by atoms with E-state index >= 15 is 0 Å². The average Bonchev–Trinajstić information content (AvgIpc) is 3.55. The summed E-state index contributed by atoms with van der Waals surface area (Å²) in [5.41, 5.74) is 1.86. The van der Waals surface area contributed by atoms with Gasteiger partial charge in [-0.05, 0) is 67.5 Å². The number of nitrogens with one attached hydrogen (secondary N) is 2. The predicted molar refractivity (Wildman–Crippen MR) is 116 cm³/mol. The third-order valence-electron chi connectivity index (χ3n) is 6.24. The molecule has 2 fully saturated rings. The third-order valence-corrected chi connectivity index (χ3v) is 6.48. The second-order valence-electron chi connectivity index (χ2n) is 8.34. The number of carbonyl (C=O) groups is 2. The van der Waals surface area contributed by atoms with E-state index in [4.69, 9.17) is 11.6 Å². The second kappa shape index (κ2) is 8.58. The van der Waals surface area contributed by atoms with Crippen LogP contribution in [-0.4, -0.2) is 18.4 Å². The minimum absolute atomic E-state index is 0.152. The summed E-state index contributed by atoms with van der Waals surface area (Å²) in [4.78, 5) is 25.2. The summed E-state index contributed by atoms with van der Waals surface area (Å²) < 4.78 is 0. The number of amides is 2. The molecule has 4 rings (SSSR count). The highest BCUT2D eigenvalue weighted by Gasteiger charge is 2.51. The van der Waals surface area contributed by atoms with Crippen molar-refractivity contribution >= 4 is 29.1 Å². The fourth-order valence-electron chi connectivity index (χ4n) is 4.27. The molecule has 0 unspecified atom stereocenters. The summed E-state index contributed by atoms with van der Waals surface area (Å²) in [6.07, 6.45) is 8.13. The molecule has 0 aliphatic heterocycles. The number of hydrogen-bond acceptors (Lipinski definition) is 2. The molecule has 2 aliphatic rings. The van der Waals surface area contributed by atoms with Crippen LogP contribution in [0.2, 0.25) is 5.02 Å². The maximum atomic E-state index is 12.9. The number of benzene rings is 2. The fraction of sp³-hybridized carbons (Fsp3) is 0.417. The van der Waals surface area contributed by atoms with Gasteiger partial charge in [0, 0.05) is 22.8 Å². The summed E-state index contributed by atoms with van der Waals surface area (Å²) >= 11 is 5.96. The van der Waals surface area contributed by atoms with E-state index in [-0.39, 0.29) is 17.2 Å². The lowest BCUT2D eigenvalue weighted by atomic mass is 9.88. The molecule has 0 bridgehead atoms. The van der Waals surface area contributed by atoms with Gasteiger partial charge in [-0.3, -0.25) is 9.59 Å². The van der Waals surface area contributed by atoms with Crippen LogP contribution in [0.15, 0.2) is 48.5 Å². The Hall–Kier alpha value is -2.33. The minimum Gasteiger partial charge on any atom is -0.355 e. The lowest BCUT2D eigenvalue weighted by Crippen LogP contribution is -2.38. The van der Waals surface area contributed by atoms with E-state index in [9.17, 15) is 9.59 Å². The Morgan fingerprint density at radius 3 is 2.38 bits per heavy atom. The molecule has 2 N–H and O–H groups in total. The van der Waals surface area contributed by atoms with Gasteiger partial charge >= 0.3 is 0 Å². The average molecular weight is 411 g/mol. The molecule has 0 atom stereocenters. The Kier molecular flexibility index (Phi) is 5.91. The van der Waals surface area contributed by atoms with Crippen LogP contribution < -0.4 is 10.6 Å². The third kappa shape index (κ3) is 4.64. The van der Waals surface area contributed by atoms with Crippen LogP contribution in [0.25, 0.3) is 0 Å². The zero-order valence-electron chi connectivity index (χ0n) is 16.5. The molecule has 2 aromatic carbocycles. The highest BCUT2D eigenvalue weighted by atomic mass is 35.5. The molecule has 2 aromatic rings. The number of halogens is 1. The van der Waals surface area contributed by atoms with Crippen molar-refractivity contribution in [1.82, 2.24) is 5.32 Å². The molecule has 0 heterocycles. The van der Waals surface area contributed by atoms with E-state index in [0.717, 1.165) is 24.9 Å². The van der Waals surface area contributed by atoms with E-state index in [2.05, 4.69) is 10.6 Å². The largest absolute Gasteiger partial charge is 0.355 e. The molecule has 0 radical (unpaired) electrons. The van der Waals surface area contributed by atoms with E-state index in [1.807, 2.05) is 24.3 Å². The van der Waals surface area contributed by atoms with Gasteiger partial charge in [-0.25, -0.2) is 0 Å². The van der Waals surface area contributed by atoms with E-state index in [1.54, 1.807) is 24.3 Å². The van der Waals surface area contributed by atoms with Gasteiger partial charge in [-0.1, -0.05) is 49.1 Å². The first-order valence-electron chi connectivity index (χ1n) is 10.5. The predicted octanol–water partition coefficient (Wildman–Crippen LogP) is 5.32. The van der Waals surface area contributed by atoms with Gasteiger partial charge in [0.05, 0.1) is 5.41 Å². The van der Waals surface area contributed by atoms with Gasteiger partial charge in [-0.2, -0.15) is 0 Å². The molecule has 29 heavy (non-hydrogen) atoms. The smallest absolute Gasteiger partial charge is 0.255 e. The molecule has 0 saturated heterocycles. The first-order chi connectivity index (χ1) is 14.1. The Balaban J connectivity index is 1.36. The Labute approximate surface area is 177 Å². The van der Waals surface area contributed by atoms with E-state index < -0.39 is 0 Å². The first kappa shape index (κ1) is 20.0. The van der Waals surface area contributed by atoms with Crippen molar-refractivity contribution in [3.63, 3.8) is 0 Å². The van der Waals surface area contributed by atoms with Crippen molar-refractivity contribution in [3.05, 3.63) is 64.7 Å². The summed E-state index contributed by atoms with van der Waals surface area (Å²) in [6.45, 7) is 0.800. The zero-order chi connectivity index (χ0) is 20.3. The van der Waals surface area contributed by atoms with Crippen molar-refractivity contribution < 1.29 is 9.59 Å². The molecule has 2 amide bonds. The Bertz CT molecular complexity index is 884. The maximum Gasteiger partial charge on any atom is 0.255 e. The van der Waals surface area contributed by atoms with Crippen molar-refractivity contribution in [2.75, 3.05) is 11.9 Å². The van der Waals surface area contributed by atoms with Crippen LogP contribution in [0.3, 0.4) is 0 Å². The van der Waals surface area contributed by atoms with Crippen LogP contribution in [0.5, 0.6) is 0 Å². The number of rotatable bonds is 6. The molecule has 5 heteroatoms. The molecule has 0 spiro atoms. The lowest BCUT2D eigenvalue weighted by Gasteiger charge is -2.23. The second-order valence-corrected chi connectivity index (χ2v) is 8.77. The van der Waals surface area contributed by atoms with Crippen molar-refractivity contribution in [1.29, 1.82) is 0 Å². The molecule has 4 nitrogen and oxygen atoms in total. The standard InChI is InChI=1S/C24H27ClN2O2/c25-20-8-4-7-18(15-20)22(28)27-21-11-9-19(10-12-21)24(13-14-24)23(29)26-16-17-5-2-1-3-6-17/h4,7-12,15,17H,1-3,5-6,13-14,16H2,(H,26,29)(H,27,28). The minimum atomic E-state index is -0.385. The SMILES string of the molecule is O=C(Nc1ccc(C2(C(=O)NCC3CCCCC3)CC2)cc1)c1cccc(Cl)c1. The zero-order valence-corrected chi connectivity index (χ0v) is 17.3. The van der Waals surface area contributed by atoms with Gasteiger partial charge < -0.3 is 10.6 Å². The summed E-state index contributed by atoms with van der Waals surface area (Å²) in [5, 5.41) is 6.62. The molecule has 0 aromatic heterocycles. The molecular formula is C24H27ClN2O2. The molecule has 2 saturated carbocycles. The van der Waals surface area contributed by atoms with Gasteiger partial charge in [0.1, 0.15) is 0 Å². The monoisotopic (exact) mass is 410 g/mol. The van der Waals surface area contributed by atoms with Crippen LogP contribution in [0.1, 0.15) is 60.9 Å². The lowest BCUT2D eigenvalue weighted by molar-refractivity contribution is -0.123. The van der Waals surface area contributed by atoms with Gasteiger partial charge in [-0.15, -0.1) is 0 Å². The number of anilines is 1. The Morgan fingerprint density at radius 1 is 1.00 bits per heavy atom. The topological polar surface area (TPSA) is 58.2 Å². The van der Waals surface area contributed by atoms with Crippen molar-refractivity contribution in [2.24, 2.45) is 5.92 Å². The maximum absolute atomic E-state index is 12.9. The van der Waals surface area contributed by atoms with Crippen LogP contribution in [0.4, 0.5) is 5.69 Å². The molecule has 152 valence electrons.